The summed E-state index contributed by atoms with van der Waals surface area (Å²) in [5.74, 6) is 0.540. The SMILES string of the molecule is Cc1ccc(C23CC(c4ccccc4)Sc4ccccc4N2C(=O)C(c2ccccc2)=C(c2ccccc2)O3)cc1. The number of hydrogen-bond acceptors (Lipinski definition) is 3. The smallest absolute Gasteiger partial charge is 0.266 e. The van der Waals surface area contributed by atoms with Crippen LogP contribution in [0.5, 0.6) is 0 Å². The van der Waals surface area contributed by atoms with Crippen LogP contribution in [0.15, 0.2) is 144 Å². The molecular formula is C37H29NO2S. The Morgan fingerprint density at radius 1 is 0.707 bits per heavy atom. The van der Waals surface area contributed by atoms with Crippen molar-refractivity contribution in [2.24, 2.45) is 0 Å². The number of thioether (sulfide) groups is 1. The summed E-state index contributed by atoms with van der Waals surface area (Å²) >= 11 is 1.80. The molecule has 2 heterocycles. The first-order chi connectivity index (χ1) is 20.1. The van der Waals surface area contributed by atoms with E-state index in [0.717, 1.165) is 32.8 Å². The Kier molecular flexibility index (Phi) is 6.49. The Morgan fingerprint density at radius 3 is 1.98 bits per heavy atom. The summed E-state index contributed by atoms with van der Waals surface area (Å²) in [6, 6.07) is 47.2. The number of anilines is 1. The van der Waals surface area contributed by atoms with Crippen molar-refractivity contribution < 1.29 is 9.53 Å². The molecule has 0 fully saturated rings. The van der Waals surface area contributed by atoms with E-state index < -0.39 is 5.72 Å². The zero-order valence-corrected chi connectivity index (χ0v) is 23.6. The van der Waals surface area contributed by atoms with Gasteiger partial charge in [0.15, 0.2) is 0 Å². The largest absolute Gasteiger partial charge is 0.462 e. The maximum atomic E-state index is 15.1. The quantitative estimate of drug-likeness (QED) is 0.223. The van der Waals surface area contributed by atoms with E-state index in [2.05, 4.69) is 67.6 Å². The zero-order chi connectivity index (χ0) is 27.8. The van der Waals surface area contributed by atoms with Gasteiger partial charge >= 0.3 is 0 Å². The number of rotatable bonds is 4. The number of nitrogens with zero attached hydrogens (tertiary/aromatic N) is 1. The van der Waals surface area contributed by atoms with Crippen LogP contribution in [0.2, 0.25) is 0 Å². The number of amides is 1. The molecule has 0 saturated heterocycles. The van der Waals surface area contributed by atoms with Crippen molar-refractivity contribution in [3.8, 4) is 0 Å². The maximum Gasteiger partial charge on any atom is 0.266 e. The minimum atomic E-state index is -1.08. The Balaban J connectivity index is 1.55. The van der Waals surface area contributed by atoms with Gasteiger partial charge in [-0.1, -0.05) is 133 Å². The van der Waals surface area contributed by atoms with Gasteiger partial charge in [0.1, 0.15) is 5.76 Å². The Hall–Kier alpha value is -4.54. The molecule has 0 N–H and O–H groups in total. The van der Waals surface area contributed by atoms with Gasteiger partial charge in [-0.2, -0.15) is 0 Å². The van der Waals surface area contributed by atoms with Crippen molar-refractivity contribution in [1.82, 2.24) is 0 Å². The summed E-state index contributed by atoms with van der Waals surface area (Å²) in [5, 5.41) is 0.0479. The van der Waals surface area contributed by atoms with E-state index in [1.165, 1.54) is 5.56 Å². The van der Waals surface area contributed by atoms with Crippen molar-refractivity contribution in [3.05, 3.63) is 167 Å². The Bertz CT molecular complexity index is 1730. The van der Waals surface area contributed by atoms with E-state index in [9.17, 15) is 0 Å². The van der Waals surface area contributed by atoms with E-state index in [4.69, 9.17) is 4.74 Å². The van der Waals surface area contributed by atoms with Crippen LogP contribution >= 0.6 is 11.8 Å². The highest BCUT2D eigenvalue weighted by Crippen LogP contribution is 2.58. The minimum Gasteiger partial charge on any atom is -0.462 e. The molecule has 0 saturated carbocycles. The first kappa shape index (κ1) is 25.4. The second-order valence-corrected chi connectivity index (χ2v) is 11.8. The van der Waals surface area contributed by atoms with Crippen LogP contribution in [0, 0.1) is 6.92 Å². The summed E-state index contributed by atoms with van der Waals surface area (Å²) in [6.07, 6.45) is 0.573. The van der Waals surface area contributed by atoms with Crippen LogP contribution in [-0.2, 0) is 15.3 Å². The molecule has 3 nitrogen and oxygen atoms in total. The molecule has 0 aromatic heterocycles. The lowest BCUT2D eigenvalue weighted by atomic mass is 9.87. The maximum absolute atomic E-state index is 15.1. The summed E-state index contributed by atoms with van der Waals surface area (Å²) in [4.78, 5) is 18.1. The first-order valence-corrected chi connectivity index (χ1v) is 14.8. The van der Waals surface area contributed by atoms with Crippen LogP contribution in [0.25, 0.3) is 11.3 Å². The number of carbonyl (C=O) groups excluding carboxylic acids is 1. The average Bonchev–Trinajstić information content (AvgIpc) is 3.18. The molecule has 0 aliphatic carbocycles. The molecule has 41 heavy (non-hydrogen) atoms. The molecule has 7 rings (SSSR count). The lowest BCUT2D eigenvalue weighted by Crippen LogP contribution is -2.55. The van der Waals surface area contributed by atoms with Gasteiger partial charge in [0, 0.05) is 27.7 Å². The molecule has 2 atom stereocenters. The molecule has 2 aliphatic rings. The second-order valence-electron chi connectivity index (χ2n) is 10.5. The van der Waals surface area contributed by atoms with Gasteiger partial charge in [-0.3, -0.25) is 9.69 Å². The third-order valence-corrected chi connectivity index (χ3v) is 9.21. The molecule has 2 unspecified atom stereocenters. The fraction of sp³-hybridized carbons (Fsp3) is 0.108. The van der Waals surface area contributed by atoms with E-state index in [1.54, 1.807) is 11.8 Å². The van der Waals surface area contributed by atoms with Gasteiger partial charge < -0.3 is 4.74 Å². The van der Waals surface area contributed by atoms with Crippen molar-refractivity contribution in [3.63, 3.8) is 0 Å². The van der Waals surface area contributed by atoms with Gasteiger partial charge in [0.05, 0.1) is 11.3 Å². The molecule has 5 aromatic carbocycles. The fourth-order valence-corrected chi connectivity index (χ4v) is 7.24. The number of benzene rings is 5. The summed E-state index contributed by atoms with van der Waals surface area (Å²) in [6.45, 7) is 2.08. The third-order valence-electron chi connectivity index (χ3n) is 7.89. The van der Waals surface area contributed by atoms with E-state index >= 15 is 4.79 Å². The highest BCUT2D eigenvalue weighted by Gasteiger charge is 2.54. The highest BCUT2D eigenvalue weighted by molar-refractivity contribution is 7.99. The average molecular weight is 552 g/mol. The summed E-state index contributed by atoms with van der Waals surface area (Å²) in [7, 11) is 0. The van der Waals surface area contributed by atoms with E-state index in [1.807, 2.05) is 83.8 Å². The lowest BCUT2D eigenvalue weighted by molar-refractivity contribution is -0.120. The first-order valence-electron chi connectivity index (χ1n) is 13.9. The predicted molar refractivity (Wildman–Crippen MR) is 167 cm³/mol. The van der Waals surface area contributed by atoms with Gasteiger partial charge in [0.2, 0.25) is 5.72 Å². The minimum absolute atomic E-state index is 0.0479. The van der Waals surface area contributed by atoms with Crippen LogP contribution in [0.3, 0.4) is 0 Å². The number of ether oxygens (including phenoxy) is 1. The van der Waals surface area contributed by atoms with E-state index in [0.29, 0.717) is 17.8 Å². The standard InChI is InChI=1S/C37H29NO2S/c1-26-21-23-30(24-22-26)37-25-33(27-13-5-2-6-14-27)41-32-20-12-11-19-31(32)38(37)36(39)34(28-15-7-3-8-16-28)35(40-37)29-17-9-4-10-18-29/h2-24,33H,25H2,1H3. The lowest BCUT2D eigenvalue weighted by Gasteiger charge is -2.48. The number of aryl methyl sites for hydroxylation is 1. The Labute approximate surface area is 245 Å². The van der Waals surface area contributed by atoms with Crippen molar-refractivity contribution in [2.75, 3.05) is 4.90 Å². The van der Waals surface area contributed by atoms with Crippen LogP contribution in [0.4, 0.5) is 5.69 Å². The molecule has 0 radical (unpaired) electrons. The second kappa shape index (κ2) is 10.5. The summed E-state index contributed by atoms with van der Waals surface area (Å²) in [5.41, 5.74) is 5.39. The Morgan fingerprint density at radius 2 is 1.29 bits per heavy atom. The molecular weight excluding hydrogens is 522 g/mol. The summed E-state index contributed by atoms with van der Waals surface area (Å²) < 4.78 is 7.39. The van der Waals surface area contributed by atoms with Crippen molar-refractivity contribution >= 4 is 34.7 Å². The molecule has 5 aromatic rings. The van der Waals surface area contributed by atoms with Crippen molar-refractivity contribution in [1.29, 1.82) is 0 Å². The normalized spacial score (nSPS) is 20.1. The van der Waals surface area contributed by atoms with Gasteiger partial charge in [-0.15, -0.1) is 11.8 Å². The number of hydrogen-bond donors (Lipinski definition) is 0. The number of carbonyl (C=O) groups is 1. The third kappa shape index (κ3) is 4.45. The predicted octanol–water partition coefficient (Wildman–Crippen LogP) is 9.02. The fourth-order valence-electron chi connectivity index (χ4n) is 5.89. The molecule has 0 bridgehead atoms. The molecule has 1 amide bonds. The zero-order valence-electron chi connectivity index (χ0n) is 22.7. The van der Waals surface area contributed by atoms with Gasteiger partial charge in [-0.05, 0) is 30.2 Å². The topological polar surface area (TPSA) is 29.5 Å². The van der Waals surface area contributed by atoms with Crippen LogP contribution < -0.4 is 4.90 Å². The van der Waals surface area contributed by atoms with Crippen LogP contribution in [-0.4, -0.2) is 5.91 Å². The monoisotopic (exact) mass is 551 g/mol. The highest BCUT2D eigenvalue weighted by atomic mass is 32.2. The molecule has 4 heteroatoms. The number of fused-ring (bicyclic) bond motifs is 3. The molecule has 200 valence electrons. The molecule has 2 aliphatic heterocycles. The van der Waals surface area contributed by atoms with Crippen LogP contribution in [0.1, 0.15) is 39.5 Å². The molecule has 0 spiro atoms. The number of para-hydroxylation sites is 1. The van der Waals surface area contributed by atoms with Gasteiger partial charge in [-0.25, -0.2) is 0 Å². The van der Waals surface area contributed by atoms with E-state index in [-0.39, 0.29) is 11.2 Å². The van der Waals surface area contributed by atoms with Gasteiger partial charge in [0.25, 0.3) is 5.91 Å². The van der Waals surface area contributed by atoms with Crippen molar-refractivity contribution in [2.45, 2.75) is 29.2 Å².